The monoisotopic (exact) mass is 224 g/mol. The van der Waals surface area contributed by atoms with Crippen molar-refractivity contribution in [3.63, 3.8) is 0 Å². The molecular weight excluding hydrogens is 215 g/mol. The Hall–Kier alpha value is -0.541. The topological polar surface area (TPSA) is 74.6 Å². The summed E-state index contributed by atoms with van der Waals surface area (Å²) in [6.45, 7) is 0. The molecule has 1 aliphatic rings. The Kier molecular flexibility index (Phi) is 2.52. The van der Waals surface area contributed by atoms with Crippen molar-refractivity contribution in [3.8, 4) is 0 Å². The molecular formula is C6H8O4Se. The number of carboxylic acid groups (broad SMARTS) is 2. The van der Waals surface area contributed by atoms with Gasteiger partial charge in [-0.25, -0.2) is 0 Å². The second kappa shape index (κ2) is 3.24. The van der Waals surface area contributed by atoms with Crippen LogP contribution in [0.15, 0.2) is 0 Å². The third-order valence-electron chi connectivity index (χ3n) is 1.71. The van der Waals surface area contributed by atoms with Crippen LogP contribution in [0.1, 0.15) is 0 Å². The molecule has 2 atom stereocenters. The molecule has 62 valence electrons. The summed E-state index contributed by atoms with van der Waals surface area (Å²) in [7, 11) is 0. The van der Waals surface area contributed by atoms with Crippen molar-refractivity contribution in [2.75, 3.05) is 0 Å². The van der Waals surface area contributed by atoms with Crippen molar-refractivity contribution in [1.29, 1.82) is 0 Å². The van der Waals surface area contributed by atoms with Gasteiger partial charge in [-0.3, -0.25) is 0 Å². The SMILES string of the molecule is O=C(O)[C@@H]1C[Se]C[C@H]1C(=O)O. The second-order valence-corrected chi connectivity index (χ2v) is 4.68. The van der Waals surface area contributed by atoms with Crippen molar-refractivity contribution < 1.29 is 19.8 Å². The average Bonchev–Trinajstić information content (AvgIpc) is 2.32. The van der Waals surface area contributed by atoms with Crippen LogP contribution in [0.3, 0.4) is 0 Å². The molecule has 4 nitrogen and oxygen atoms in total. The summed E-state index contributed by atoms with van der Waals surface area (Å²) in [5.74, 6) is -3.19. The quantitative estimate of drug-likeness (QED) is 0.643. The normalized spacial score (nSPS) is 30.2. The Morgan fingerprint density at radius 1 is 1.09 bits per heavy atom. The number of carbonyl (C=O) groups is 2. The first-order chi connectivity index (χ1) is 5.13. The van der Waals surface area contributed by atoms with E-state index in [1.807, 2.05) is 0 Å². The van der Waals surface area contributed by atoms with Crippen LogP contribution in [0.25, 0.3) is 0 Å². The third-order valence-corrected chi connectivity index (χ3v) is 4.21. The summed E-state index contributed by atoms with van der Waals surface area (Å²) in [5.41, 5.74) is 0. The van der Waals surface area contributed by atoms with E-state index >= 15 is 0 Å². The van der Waals surface area contributed by atoms with E-state index in [-0.39, 0.29) is 15.0 Å². The van der Waals surface area contributed by atoms with Crippen LogP contribution >= 0.6 is 0 Å². The van der Waals surface area contributed by atoms with Crippen LogP contribution in [-0.4, -0.2) is 37.1 Å². The van der Waals surface area contributed by atoms with Crippen LogP contribution in [0.4, 0.5) is 0 Å². The van der Waals surface area contributed by atoms with Gasteiger partial charge in [-0.2, -0.15) is 0 Å². The molecule has 1 heterocycles. The Labute approximate surface area is 69.8 Å². The van der Waals surface area contributed by atoms with E-state index in [1.165, 1.54) is 0 Å². The molecule has 0 aromatic heterocycles. The molecule has 0 aliphatic carbocycles. The van der Waals surface area contributed by atoms with E-state index in [0.717, 1.165) is 0 Å². The van der Waals surface area contributed by atoms with Gasteiger partial charge in [-0.1, -0.05) is 0 Å². The molecule has 1 fully saturated rings. The van der Waals surface area contributed by atoms with Gasteiger partial charge in [0.05, 0.1) is 0 Å². The Morgan fingerprint density at radius 2 is 1.45 bits per heavy atom. The van der Waals surface area contributed by atoms with E-state index in [1.54, 1.807) is 0 Å². The molecule has 0 radical (unpaired) electrons. The molecule has 1 rings (SSSR count). The molecule has 0 bridgehead atoms. The maximum atomic E-state index is 10.5. The van der Waals surface area contributed by atoms with Crippen LogP contribution in [0.5, 0.6) is 0 Å². The van der Waals surface area contributed by atoms with Crippen LogP contribution in [-0.2, 0) is 9.59 Å². The fourth-order valence-electron chi connectivity index (χ4n) is 1.04. The first-order valence-electron chi connectivity index (χ1n) is 3.16. The summed E-state index contributed by atoms with van der Waals surface area (Å²) >= 11 is 0.214. The summed E-state index contributed by atoms with van der Waals surface area (Å²) < 4.78 is 0. The van der Waals surface area contributed by atoms with E-state index in [2.05, 4.69) is 0 Å². The molecule has 5 heteroatoms. The first-order valence-corrected chi connectivity index (χ1v) is 5.58. The molecule has 0 spiro atoms. The van der Waals surface area contributed by atoms with Crippen molar-refractivity contribution in [2.24, 2.45) is 11.8 Å². The average molecular weight is 223 g/mol. The van der Waals surface area contributed by atoms with E-state index in [9.17, 15) is 9.59 Å². The van der Waals surface area contributed by atoms with Gasteiger partial charge in [-0.05, 0) is 0 Å². The molecule has 0 unspecified atom stereocenters. The second-order valence-electron chi connectivity index (χ2n) is 2.43. The molecule has 0 saturated carbocycles. The zero-order valence-electron chi connectivity index (χ0n) is 5.69. The van der Waals surface area contributed by atoms with Crippen molar-refractivity contribution in [3.05, 3.63) is 0 Å². The molecule has 0 aromatic rings. The Balaban J connectivity index is 2.65. The molecule has 0 amide bonds. The van der Waals surface area contributed by atoms with Crippen molar-refractivity contribution >= 4 is 26.9 Å². The van der Waals surface area contributed by atoms with Crippen LogP contribution in [0.2, 0.25) is 10.6 Å². The van der Waals surface area contributed by atoms with Gasteiger partial charge in [0.25, 0.3) is 0 Å². The minimum atomic E-state index is -0.961. The van der Waals surface area contributed by atoms with Gasteiger partial charge < -0.3 is 0 Å². The van der Waals surface area contributed by atoms with Gasteiger partial charge in [0, 0.05) is 0 Å². The van der Waals surface area contributed by atoms with Crippen molar-refractivity contribution in [1.82, 2.24) is 0 Å². The molecule has 2 N–H and O–H groups in total. The zero-order chi connectivity index (χ0) is 8.43. The number of rotatable bonds is 2. The van der Waals surface area contributed by atoms with Crippen molar-refractivity contribution in [2.45, 2.75) is 10.6 Å². The predicted octanol–water partition coefficient (Wildman–Crippen LogP) is -0.0576. The molecule has 11 heavy (non-hydrogen) atoms. The van der Waals surface area contributed by atoms with E-state index in [0.29, 0.717) is 10.6 Å². The van der Waals surface area contributed by atoms with Crippen LogP contribution in [0, 0.1) is 11.8 Å². The van der Waals surface area contributed by atoms with Gasteiger partial charge >= 0.3 is 69.2 Å². The number of aliphatic carboxylic acids is 2. The summed E-state index contributed by atoms with van der Waals surface area (Å²) in [6.07, 6.45) is 0. The Morgan fingerprint density at radius 3 is 1.73 bits per heavy atom. The summed E-state index contributed by atoms with van der Waals surface area (Å²) in [5, 5.41) is 18.3. The van der Waals surface area contributed by atoms with E-state index < -0.39 is 23.8 Å². The van der Waals surface area contributed by atoms with Crippen LogP contribution < -0.4 is 0 Å². The number of hydrogen-bond acceptors (Lipinski definition) is 2. The third kappa shape index (κ3) is 1.73. The predicted molar refractivity (Wildman–Crippen MR) is 37.6 cm³/mol. The molecule has 1 aliphatic heterocycles. The fraction of sp³-hybridized carbons (Fsp3) is 0.667. The van der Waals surface area contributed by atoms with Gasteiger partial charge in [0.1, 0.15) is 0 Å². The maximum absolute atomic E-state index is 10.5. The van der Waals surface area contributed by atoms with Gasteiger partial charge in [-0.15, -0.1) is 0 Å². The molecule has 1 saturated heterocycles. The number of carboxylic acids is 2. The van der Waals surface area contributed by atoms with E-state index in [4.69, 9.17) is 10.2 Å². The minimum absolute atomic E-state index is 0.214. The zero-order valence-corrected chi connectivity index (χ0v) is 7.40. The Bertz CT molecular complexity index is 171. The fourth-order valence-corrected chi connectivity index (χ4v) is 3.97. The standard InChI is InChI=1S/C6H8O4Se/c7-5(8)3-1-11-2-4(3)6(9)10/h3-4H,1-2H2,(H,7,8)(H,9,10)/t3-,4-/m1/s1. The summed E-state index contributed by atoms with van der Waals surface area (Å²) in [6, 6.07) is 0. The summed E-state index contributed by atoms with van der Waals surface area (Å²) in [4.78, 5) is 20.9. The molecule has 0 aromatic carbocycles. The van der Waals surface area contributed by atoms with Gasteiger partial charge in [0.2, 0.25) is 0 Å². The first kappa shape index (κ1) is 8.56. The van der Waals surface area contributed by atoms with Gasteiger partial charge in [0.15, 0.2) is 0 Å². The number of hydrogen-bond donors (Lipinski definition) is 2.